The second kappa shape index (κ2) is 12.1. The van der Waals surface area contributed by atoms with Crippen molar-refractivity contribution < 1.29 is 9.53 Å². The summed E-state index contributed by atoms with van der Waals surface area (Å²) in [6, 6.07) is 8.20. The topological polar surface area (TPSA) is 41.6 Å². The third-order valence-electron chi connectivity index (χ3n) is 16.3. The molecular weight excluding hydrogens is 576 g/mol. The fourth-order valence-electron chi connectivity index (χ4n) is 14.0. The number of carbonyl (C=O) groups is 1. The summed E-state index contributed by atoms with van der Waals surface area (Å²) in [5.74, 6) is 4.19. The van der Waals surface area contributed by atoms with Gasteiger partial charge < -0.3 is 15.0 Å². The van der Waals surface area contributed by atoms with Gasteiger partial charge in [0.1, 0.15) is 5.75 Å². The first-order valence-corrected chi connectivity index (χ1v) is 19.4. The summed E-state index contributed by atoms with van der Waals surface area (Å²) < 4.78 is 5.11. The molecule has 0 unspecified atom stereocenters. The summed E-state index contributed by atoms with van der Waals surface area (Å²) in [6.45, 7) is 25.7. The summed E-state index contributed by atoms with van der Waals surface area (Å²) >= 11 is 0. The number of fused-ring (bicyclic) bond motifs is 7. The second-order valence-corrected chi connectivity index (χ2v) is 18.5. The number of piperidine rings is 1. The molecule has 258 valence electrons. The van der Waals surface area contributed by atoms with Gasteiger partial charge in [0.25, 0.3) is 6.47 Å². The molecule has 0 radical (unpaired) electrons. The largest absolute Gasteiger partial charge is 0.429 e. The fraction of sp³-hybridized carbons (Fsp3) is 0.744. The molecule has 0 amide bonds. The van der Waals surface area contributed by atoms with E-state index in [1.54, 1.807) is 0 Å². The lowest BCUT2D eigenvalue weighted by Gasteiger charge is -2.72. The van der Waals surface area contributed by atoms with E-state index in [0.717, 1.165) is 24.3 Å². The Bertz CT molecular complexity index is 1370. The molecule has 1 N–H and O–H groups in total. The van der Waals surface area contributed by atoms with Gasteiger partial charge in [-0.05, 0) is 165 Å². The van der Waals surface area contributed by atoms with Crippen LogP contribution in [0.3, 0.4) is 0 Å². The molecule has 4 heteroatoms. The summed E-state index contributed by atoms with van der Waals surface area (Å²) in [5, 5.41) is 4.34. The van der Waals surface area contributed by atoms with E-state index >= 15 is 0 Å². The molecular formula is C43H64N2O2. The van der Waals surface area contributed by atoms with Crippen LogP contribution >= 0.6 is 0 Å². The van der Waals surface area contributed by atoms with E-state index in [1.165, 1.54) is 113 Å². The first-order chi connectivity index (χ1) is 22.4. The number of rotatable bonds is 8. The van der Waals surface area contributed by atoms with E-state index in [0.29, 0.717) is 45.8 Å². The van der Waals surface area contributed by atoms with Crippen molar-refractivity contribution in [2.45, 2.75) is 124 Å². The minimum absolute atomic E-state index is 0.0929. The first kappa shape index (κ1) is 33.6. The van der Waals surface area contributed by atoms with Gasteiger partial charge in [0.15, 0.2) is 0 Å². The molecule has 7 rings (SSSR count). The Kier molecular flexibility index (Phi) is 8.68. The Hall–Kier alpha value is -1.91. The SMILES string of the molecule is C=C(C)[C@@H]1CC[C@]2(NCCN3CCCCC3)CC[C@]3(C)[C@H](CC[C@@H]4[C@@]5(C)CC=C(c6ccc(OC=O)cc6)C(C)(C)[C@@H]5CC[C@]43C)[C@@H]12. The molecule has 5 aliphatic carbocycles. The molecule has 1 heterocycles. The number of carbonyl (C=O) groups excluding carboxylic acids is 1. The van der Waals surface area contributed by atoms with Crippen LogP contribution in [0.5, 0.6) is 5.75 Å². The smallest absolute Gasteiger partial charge is 0.298 e. The Morgan fingerprint density at radius 1 is 0.915 bits per heavy atom. The third-order valence-corrected chi connectivity index (χ3v) is 16.3. The molecule has 47 heavy (non-hydrogen) atoms. The highest BCUT2D eigenvalue weighted by molar-refractivity contribution is 5.72. The van der Waals surface area contributed by atoms with E-state index in [1.807, 2.05) is 12.1 Å². The zero-order chi connectivity index (χ0) is 33.2. The van der Waals surface area contributed by atoms with E-state index in [4.69, 9.17) is 4.74 Å². The van der Waals surface area contributed by atoms with Crippen molar-refractivity contribution in [2.24, 2.45) is 51.2 Å². The van der Waals surface area contributed by atoms with Crippen molar-refractivity contribution in [3.05, 3.63) is 48.1 Å². The Morgan fingerprint density at radius 2 is 1.66 bits per heavy atom. The molecule has 1 aromatic rings. The molecule has 4 saturated carbocycles. The summed E-state index contributed by atoms with van der Waals surface area (Å²) in [4.78, 5) is 13.6. The lowest BCUT2D eigenvalue weighted by atomic mass is 9.33. The van der Waals surface area contributed by atoms with Crippen LogP contribution in [0.2, 0.25) is 0 Å². The number of nitrogens with one attached hydrogen (secondary N) is 1. The van der Waals surface area contributed by atoms with Gasteiger partial charge >= 0.3 is 0 Å². The van der Waals surface area contributed by atoms with Crippen molar-refractivity contribution in [1.82, 2.24) is 10.2 Å². The van der Waals surface area contributed by atoms with E-state index in [2.05, 4.69) is 76.5 Å². The summed E-state index contributed by atoms with van der Waals surface area (Å²) in [5.41, 5.74) is 5.63. The average molecular weight is 641 g/mol. The number of hydrogen-bond acceptors (Lipinski definition) is 4. The standard InChI is InChI=1S/C43H64N2O2/c1-30(2)33-17-22-43(44-25-28-45-26-9-8-10-27-45)24-23-41(6)35(38(33)43)15-16-37-40(5)20-18-34(31-11-13-32(14-12-31)47-29-46)39(3,4)36(40)19-21-42(37,41)7/h11-14,18,29,33,35-38,44H,1,8-10,15-17,19-28H2,2-7H3/t33-,35+,36-,37+,38+,40-,41+,42+,43-/m0/s1. The van der Waals surface area contributed by atoms with Crippen molar-refractivity contribution >= 4 is 12.0 Å². The average Bonchev–Trinajstić information content (AvgIpc) is 3.42. The number of ether oxygens (including phenoxy) is 1. The molecule has 9 atom stereocenters. The van der Waals surface area contributed by atoms with Crippen molar-refractivity contribution in [2.75, 3.05) is 26.2 Å². The quantitative estimate of drug-likeness (QED) is 0.227. The first-order valence-electron chi connectivity index (χ1n) is 19.4. The number of hydrogen-bond donors (Lipinski definition) is 1. The molecule has 0 bridgehead atoms. The number of nitrogens with zero attached hydrogens (tertiary/aromatic N) is 1. The predicted octanol–water partition coefficient (Wildman–Crippen LogP) is 9.70. The minimum atomic E-state index is 0.0929. The van der Waals surface area contributed by atoms with Crippen LogP contribution in [0.25, 0.3) is 5.57 Å². The van der Waals surface area contributed by atoms with Crippen LogP contribution < -0.4 is 10.1 Å². The highest BCUT2D eigenvalue weighted by Crippen LogP contribution is 2.76. The molecule has 1 aliphatic heterocycles. The highest BCUT2D eigenvalue weighted by Gasteiger charge is 2.70. The fourth-order valence-corrected chi connectivity index (χ4v) is 14.0. The number of allylic oxidation sites excluding steroid dienone is 3. The monoisotopic (exact) mass is 640 g/mol. The summed E-state index contributed by atoms with van der Waals surface area (Å²) in [7, 11) is 0. The second-order valence-electron chi connectivity index (χ2n) is 18.5. The van der Waals surface area contributed by atoms with Crippen LogP contribution in [0, 0.1) is 51.2 Å². The maximum Gasteiger partial charge on any atom is 0.298 e. The Morgan fingerprint density at radius 3 is 2.36 bits per heavy atom. The Balaban J connectivity index is 1.16. The van der Waals surface area contributed by atoms with Gasteiger partial charge in [-0.1, -0.05) is 71.4 Å². The number of benzene rings is 1. The Labute approximate surface area is 286 Å². The lowest BCUT2D eigenvalue weighted by molar-refractivity contribution is -0.219. The number of likely N-dealkylation sites (tertiary alicyclic amines) is 1. The van der Waals surface area contributed by atoms with Crippen molar-refractivity contribution in [3.8, 4) is 5.75 Å². The van der Waals surface area contributed by atoms with Gasteiger partial charge in [-0.2, -0.15) is 0 Å². The minimum Gasteiger partial charge on any atom is -0.429 e. The highest BCUT2D eigenvalue weighted by atomic mass is 16.5. The predicted molar refractivity (Wildman–Crippen MR) is 194 cm³/mol. The van der Waals surface area contributed by atoms with Crippen molar-refractivity contribution in [3.63, 3.8) is 0 Å². The van der Waals surface area contributed by atoms with Crippen LogP contribution in [-0.2, 0) is 4.79 Å². The molecule has 0 aromatic heterocycles. The zero-order valence-electron chi connectivity index (χ0n) is 30.6. The van der Waals surface area contributed by atoms with E-state index in [9.17, 15) is 4.79 Å². The lowest BCUT2D eigenvalue weighted by Crippen LogP contribution is -2.68. The van der Waals surface area contributed by atoms with Crippen LogP contribution in [-0.4, -0.2) is 43.1 Å². The van der Waals surface area contributed by atoms with Crippen LogP contribution in [0.4, 0.5) is 0 Å². The third kappa shape index (κ3) is 5.16. The van der Waals surface area contributed by atoms with Gasteiger partial charge in [-0.25, -0.2) is 0 Å². The van der Waals surface area contributed by atoms with Gasteiger partial charge in [0.05, 0.1) is 0 Å². The van der Waals surface area contributed by atoms with Gasteiger partial charge in [0, 0.05) is 18.6 Å². The van der Waals surface area contributed by atoms with Crippen LogP contribution in [0.15, 0.2) is 42.5 Å². The molecule has 6 aliphatic rings. The van der Waals surface area contributed by atoms with Crippen LogP contribution in [0.1, 0.15) is 124 Å². The van der Waals surface area contributed by atoms with E-state index in [-0.39, 0.29) is 5.41 Å². The van der Waals surface area contributed by atoms with Gasteiger partial charge in [-0.3, -0.25) is 4.79 Å². The maximum absolute atomic E-state index is 10.9. The van der Waals surface area contributed by atoms with Gasteiger partial charge in [-0.15, -0.1) is 0 Å². The van der Waals surface area contributed by atoms with Crippen molar-refractivity contribution in [1.29, 1.82) is 0 Å². The van der Waals surface area contributed by atoms with E-state index < -0.39 is 0 Å². The van der Waals surface area contributed by atoms with Gasteiger partial charge in [0.2, 0.25) is 0 Å². The molecule has 5 fully saturated rings. The summed E-state index contributed by atoms with van der Waals surface area (Å²) in [6.07, 6.45) is 18.8. The maximum atomic E-state index is 10.9. The molecule has 0 spiro atoms. The molecule has 4 nitrogen and oxygen atoms in total. The molecule has 1 aromatic carbocycles. The normalized spacial score (nSPS) is 42.7. The zero-order valence-corrected chi connectivity index (χ0v) is 30.6. The molecule has 1 saturated heterocycles.